The molecule has 1 unspecified atom stereocenters. The van der Waals surface area contributed by atoms with E-state index in [0.29, 0.717) is 5.92 Å². The van der Waals surface area contributed by atoms with Crippen molar-refractivity contribution < 1.29 is 0 Å². The third kappa shape index (κ3) is 11.1. The minimum absolute atomic E-state index is 0.517. The van der Waals surface area contributed by atoms with Crippen LogP contribution in [0.5, 0.6) is 0 Å². The predicted octanol–water partition coefficient (Wildman–Crippen LogP) is 13.8. The summed E-state index contributed by atoms with van der Waals surface area (Å²) >= 11 is 0. The summed E-state index contributed by atoms with van der Waals surface area (Å²) < 4.78 is 0. The lowest BCUT2D eigenvalue weighted by molar-refractivity contribution is 0.672. The molecule has 248 valence electrons. The molecule has 48 heavy (non-hydrogen) atoms. The van der Waals surface area contributed by atoms with Crippen LogP contribution in [0.1, 0.15) is 60.8 Å². The molecule has 0 saturated carbocycles. The van der Waals surface area contributed by atoms with E-state index in [1.54, 1.807) is 0 Å². The zero-order valence-electron chi connectivity index (χ0n) is 30.1. The number of rotatable bonds is 17. The molecule has 1 atom stereocenters. The minimum Gasteiger partial charge on any atom is -0.338 e. The van der Waals surface area contributed by atoms with E-state index < -0.39 is 0 Å². The van der Waals surface area contributed by atoms with Crippen molar-refractivity contribution in [3.8, 4) is 22.3 Å². The van der Waals surface area contributed by atoms with Gasteiger partial charge in [0.1, 0.15) is 0 Å². The average molecular weight is 634 g/mol. The van der Waals surface area contributed by atoms with Crippen LogP contribution in [0.2, 0.25) is 0 Å². The van der Waals surface area contributed by atoms with Gasteiger partial charge >= 0.3 is 0 Å². The molecule has 0 aliphatic rings. The van der Waals surface area contributed by atoms with Crippen molar-refractivity contribution in [2.24, 2.45) is 5.92 Å². The first-order chi connectivity index (χ1) is 23.4. The second-order valence-electron chi connectivity index (χ2n) is 12.1. The van der Waals surface area contributed by atoms with Crippen LogP contribution in [0, 0.1) is 5.92 Å². The number of allylic oxidation sites excluding steroid dienone is 14. The lowest BCUT2D eigenvalue weighted by Gasteiger charge is -2.25. The van der Waals surface area contributed by atoms with Crippen LogP contribution in [0.15, 0.2) is 187 Å². The van der Waals surface area contributed by atoms with E-state index in [1.807, 2.05) is 18.2 Å². The summed E-state index contributed by atoms with van der Waals surface area (Å²) in [6.07, 6.45) is 26.2. The van der Waals surface area contributed by atoms with Gasteiger partial charge in [-0.1, -0.05) is 158 Å². The van der Waals surface area contributed by atoms with E-state index in [4.69, 9.17) is 0 Å². The quantitative estimate of drug-likeness (QED) is 0.106. The summed E-state index contributed by atoms with van der Waals surface area (Å²) in [5.74, 6) is 0.517. The molecule has 1 heteroatoms. The van der Waals surface area contributed by atoms with E-state index >= 15 is 0 Å². The van der Waals surface area contributed by atoms with Gasteiger partial charge in [0.05, 0.1) is 0 Å². The van der Waals surface area contributed by atoms with Gasteiger partial charge in [-0.25, -0.2) is 0 Å². The molecule has 0 aliphatic carbocycles. The normalized spacial score (nSPS) is 14.1. The Morgan fingerprint density at radius 3 is 1.83 bits per heavy atom. The Labute approximate surface area is 292 Å². The molecule has 0 fully saturated rings. The number of anilines is 1. The molecule has 0 radical (unpaired) electrons. The van der Waals surface area contributed by atoms with Gasteiger partial charge in [0.15, 0.2) is 0 Å². The fourth-order valence-corrected chi connectivity index (χ4v) is 5.89. The predicted molar refractivity (Wildman–Crippen MR) is 215 cm³/mol. The number of benzene rings is 3. The van der Waals surface area contributed by atoms with Crippen LogP contribution >= 0.6 is 0 Å². The second kappa shape index (κ2) is 20.4. The highest BCUT2D eigenvalue weighted by Crippen LogP contribution is 2.29. The Hall–Kier alpha value is -4.88. The van der Waals surface area contributed by atoms with Gasteiger partial charge < -0.3 is 4.90 Å². The molecule has 0 bridgehead atoms. The molecular weight excluding hydrogens is 579 g/mol. The molecule has 0 aliphatic heterocycles. The zero-order valence-corrected chi connectivity index (χ0v) is 30.1. The Morgan fingerprint density at radius 2 is 1.29 bits per heavy atom. The maximum Gasteiger partial charge on any atom is 0.0414 e. The van der Waals surface area contributed by atoms with Crippen LogP contribution < -0.4 is 4.90 Å². The van der Waals surface area contributed by atoms with Gasteiger partial charge in [0.2, 0.25) is 0 Å². The van der Waals surface area contributed by atoms with Gasteiger partial charge in [-0.3, -0.25) is 0 Å². The molecule has 0 aromatic heterocycles. The SMILES string of the molecule is C=C/C=C\C(=C/C)C/C=C\C(=C/C=C)N(C/C=C\C/C(C)=C(/C)C(CC)/C(C)=C/C)c1ccc(-c2ccc(-c3ccccc3)cc2)cc1. The molecule has 0 amide bonds. The van der Waals surface area contributed by atoms with E-state index in [2.05, 4.69) is 187 Å². The van der Waals surface area contributed by atoms with Gasteiger partial charge in [0, 0.05) is 23.8 Å². The average Bonchev–Trinajstić information content (AvgIpc) is 3.13. The van der Waals surface area contributed by atoms with Crippen molar-refractivity contribution in [2.75, 3.05) is 11.4 Å². The lowest BCUT2D eigenvalue weighted by atomic mass is 9.87. The minimum atomic E-state index is 0.517. The molecule has 3 rings (SSSR count). The van der Waals surface area contributed by atoms with Gasteiger partial charge in [-0.05, 0) is 106 Å². The summed E-state index contributed by atoms with van der Waals surface area (Å²) in [7, 11) is 0. The first-order valence-corrected chi connectivity index (χ1v) is 17.3. The van der Waals surface area contributed by atoms with E-state index in [0.717, 1.165) is 37.2 Å². The lowest BCUT2D eigenvalue weighted by Crippen LogP contribution is -2.21. The Kier molecular flexibility index (Phi) is 16.0. The van der Waals surface area contributed by atoms with Crippen molar-refractivity contribution >= 4 is 5.69 Å². The molecule has 3 aromatic carbocycles. The Balaban J connectivity index is 1.90. The Morgan fingerprint density at radius 1 is 0.688 bits per heavy atom. The van der Waals surface area contributed by atoms with E-state index in [-0.39, 0.29) is 0 Å². The molecular formula is C47H55N. The van der Waals surface area contributed by atoms with E-state index in [1.165, 1.54) is 44.5 Å². The van der Waals surface area contributed by atoms with Crippen LogP contribution in [-0.2, 0) is 0 Å². The van der Waals surface area contributed by atoms with Crippen molar-refractivity contribution in [2.45, 2.75) is 60.8 Å². The second-order valence-corrected chi connectivity index (χ2v) is 12.1. The molecule has 0 spiro atoms. The van der Waals surface area contributed by atoms with Crippen molar-refractivity contribution in [3.63, 3.8) is 0 Å². The summed E-state index contributed by atoms with van der Waals surface area (Å²) in [5.41, 5.74) is 12.7. The standard InChI is InChI=1S/C47H55N/c1-9-14-23-40(12-4)24-20-27-45(21-10-2)48(36-19-18-22-38(7)39(8)47(13-5)37(6)11-3)46-34-32-44(33-35-46)43-30-28-42(29-31-43)41-25-16-15-17-26-41/h9-12,14-21,23,25-35,47H,1-2,13,22,24,36H2,3-8H3/b19-18-,23-14-,27-20-,37-11+,39-38-,40-12+,45-21+. The van der Waals surface area contributed by atoms with Crippen LogP contribution in [-0.4, -0.2) is 6.54 Å². The topological polar surface area (TPSA) is 3.24 Å². The molecule has 3 aromatic rings. The number of nitrogens with zero attached hydrogens (tertiary/aromatic N) is 1. The van der Waals surface area contributed by atoms with Crippen molar-refractivity contribution in [1.82, 2.24) is 0 Å². The molecule has 0 heterocycles. The maximum atomic E-state index is 4.04. The van der Waals surface area contributed by atoms with Gasteiger partial charge in [-0.15, -0.1) is 0 Å². The largest absolute Gasteiger partial charge is 0.338 e. The summed E-state index contributed by atoms with van der Waals surface area (Å²) in [5, 5.41) is 0. The van der Waals surface area contributed by atoms with Gasteiger partial charge in [0.25, 0.3) is 0 Å². The van der Waals surface area contributed by atoms with Crippen molar-refractivity contribution in [3.05, 3.63) is 187 Å². The smallest absolute Gasteiger partial charge is 0.0414 e. The van der Waals surface area contributed by atoms with Crippen molar-refractivity contribution in [1.29, 1.82) is 0 Å². The fourth-order valence-electron chi connectivity index (χ4n) is 5.89. The number of hydrogen-bond donors (Lipinski definition) is 0. The highest BCUT2D eigenvalue weighted by Gasteiger charge is 2.13. The highest BCUT2D eigenvalue weighted by atomic mass is 15.1. The third-order valence-corrected chi connectivity index (χ3v) is 9.05. The third-order valence-electron chi connectivity index (χ3n) is 9.05. The monoisotopic (exact) mass is 633 g/mol. The van der Waals surface area contributed by atoms with E-state index in [9.17, 15) is 0 Å². The summed E-state index contributed by atoms with van der Waals surface area (Å²) in [6, 6.07) is 28.3. The zero-order chi connectivity index (χ0) is 34.7. The highest BCUT2D eigenvalue weighted by molar-refractivity contribution is 5.72. The van der Waals surface area contributed by atoms with Crippen LogP contribution in [0.3, 0.4) is 0 Å². The first-order valence-electron chi connectivity index (χ1n) is 17.3. The fraction of sp³-hybridized carbons (Fsp3) is 0.234. The molecule has 0 saturated heterocycles. The van der Waals surface area contributed by atoms with Crippen LogP contribution in [0.4, 0.5) is 5.69 Å². The first kappa shape index (κ1) is 37.6. The number of hydrogen-bond acceptors (Lipinski definition) is 1. The maximum absolute atomic E-state index is 4.04. The molecule has 1 nitrogen and oxygen atoms in total. The summed E-state index contributed by atoms with van der Waals surface area (Å²) in [6.45, 7) is 21.9. The molecule has 0 N–H and O–H groups in total. The van der Waals surface area contributed by atoms with Crippen LogP contribution in [0.25, 0.3) is 22.3 Å². The van der Waals surface area contributed by atoms with Gasteiger partial charge in [-0.2, -0.15) is 0 Å². The summed E-state index contributed by atoms with van der Waals surface area (Å²) in [4.78, 5) is 2.36. The Bertz CT molecular complexity index is 1670.